The smallest absolute Gasteiger partial charge is 0.132 e. The number of para-hydroxylation sites is 1. The Balaban J connectivity index is 2.31. The molecule has 1 atom stereocenters. The van der Waals surface area contributed by atoms with Crippen molar-refractivity contribution in [3.63, 3.8) is 0 Å². The average molecular weight is 262 g/mol. The van der Waals surface area contributed by atoms with Crippen LogP contribution in [0.25, 0.3) is 0 Å². The molecule has 0 aromatic heterocycles. The summed E-state index contributed by atoms with van der Waals surface area (Å²) in [6.07, 6.45) is 0. The van der Waals surface area contributed by atoms with Crippen LogP contribution in [-0.2, 0) is 0 Å². The van der Waals surface area contributed by atoms with E-state index in [2.05, 4.69) is 0 Å². The molecule has 94 valence electrons. The van der Waals surface area contributed by atoms with Crippen LogP contribution in [0.3, 0.4) is 0 Å². The van der Waals surface area contributed by atoms with E-state index in [0.717, 1.165) is 27.6 Å². The SMILES string of the molecule is Cc1cc(Oc2ccccc2[C@@H](C)N)ccc1Cl. The summed E-state index contributed by atoms with van der Waals surface area (Å²) in [5, 5.41) is 0.739. The molecule has 18 heavy (non-hydrogen) atoms. The Morgan fingerprint density at radius 2 is 1.89 bits per heavy atom. The van der Waals surface area contributed by atoms with E-state index in [1.165, 1.54) is 0 Å². The van der Waals surface area contributed by atoms with Crippen molar-refractivity contribution in [3.8, 4) is 11.5 Å². The number of benzene rings is 2. The van der Waals surface area contributed by atoms with E-state index in [1.807, 2.05) is 56.3 Å². The minimum absolute atomic E-state index is 0.0606. The van der Waals surface area contributed by atoms with E-state index in [-0.39, 0.29) is 6.04 Å². The zero-order valence-corrected chi connectivity index (χ0v) is 11.2. The van der Waals surface area contributed by atoms with Gasteiger partial charge in [-0.3, -0.25) is 0 Å². The van der Waals surface area contributed by atoms with Crippen LogP contribution in [0.5, 0.6) is 11.5 Å². The Morgan fingerprint density at radius 3 is 2.56 bits per heavy atom. The number of halogens is 1. The van der Waals surface area contributed by atoms with E-state index >= 15 is 0 Å². The second-order valence-corrected chi connectivity index (χ2v) is 4.75. The maximum Gasteiger partial charge on any atom is 0.132 e. The maximum atomic E-state index is 5.99. The molecule has 0 aliphatic rings. The Bertz CT molecular complexity index is 552. The summed E-state index contributed by atoms with van der Waals surface area (Å²) in [6, 6.07) is 13.3. The van der Waals surface area contributed by atoms with Gasteiger partial charge < -0.3 is 10.5 Å². The highest BCUT2D eigenvalue weighted by Crippen LogP contribution is 2.30. The highest BCUT2D eigenvalue weighted by atomic mass is 35.5. The number of ether oxygens (including phenoxy) is 1. The van der Waals surface area contributed by atoms with Crippen molar-refractivity contribution in [2.75, 3.05) is 0 Å². The lowest BCUT2D eigenvalue weighted by Gasteiger charge is -2.14. The zero-order chi connectivity index (χ0) is 13.1. The van der Waals surface area contributed by atoms with Gasteiger partial charge in [-0.05, 0) is 43.7 Å². The second kappa shape index (κ2) is 5.42. The Hall–Kier alpha value is -1.51. The molecule has 0 saturated carbocycles. The molecule has 0 radical (unpaired) electrons. The van der Waals surface area contributed by atoms with Gasteiger partial charge in [-0.25, -0.2) is 0 Å². The van der Waals surface area contributed by atoms with Crippen molar-refractivity contribution < 1.29 is 4.74 Å². The molecule has 0 fully saturated rings. The summed E-state index contributed by atoms with van der Waals surface area (Å²) in [5.41, 5.74) is 7.90. The summed E-state index contributed by atoms with van der Waals surface area (Å²) < 4.78 is 5.87. The maximum absolute atomic E-state index is 5.99. The van der Waals surface area contributed by atoms with E-state index in [9.17, 15) is 0 Å². The molecule has 0 spiro atoms. The monoisotopic (exact) mass is 261 g/mol. The van der Waals surface area contributed by atoms with Crippen LogP contribution in [-0.4, -0.2) is 0 Å². The number of hydrogen-bond acceptors (Lipinski definition) is 2. The first kappa shape index (κ1) is 12.9. The highest BCUT2D eigenvalue weighted by molar-refractivity contribution is 6.31. The molecule has 0 unspecified atom stereocenters. The fourth-order valence-corrected chi connectivity index (χ4v) is 1.87. The second-order valence-electron chi connectivity index (χ2n) is 4.34. The molecule has 0 amide bonds. The zero-order valence-electron chi connectivity index (χ0n) is 10.5. The quantitative estimate of drug-likeness (QED) is 0.885. The van der Waals surface area contributed by atoms with Crippen molar-refractivity contribution in [2.45, 2.75) is 19.9 Å². The van der Waals surface area contributed by atoms with Gasteiger partial charge in [0.1, 0.15) is 11.5 Å². The summed E-state index contributed by atoms with van der Waals surface area (Å²) in [6.45, 7) is 3.89. The molecule has 2 N–H and O–H groups in total. The number of aryl methyl sites for hydroxylation is 1. The van der Waals surface area contributed by atoms with E-state index in [4.69, 9.17) is 22.1 Å². The van der Waals surface area contributed by atoms with Crippen molar-refractivity contribution in [1.29, 1.82) is 0 Å². The Kier molecular flexibility index (Phi) is 3.90. The molecular weight excluding hydrogens is 246 g/mol. The largest absolute Gasteiger partial charge is 0.457 e. The Morgan fingerprint density at radius 1 is 1.17 bits per heavy atom. The van der Waals surface area contributed by atoms with Crippen LogP contribution in [0.15, 0.2) is 42.5 Å². The molecular formula is C15H16ClNO. The minimum Gasteiger partial charge on any atom is -0.457 e. The third kappa shape index (κ3) is 2.84. The molecule has 0 aliphatic heterocycles. The summed E-state index contributed by atoms with van der Waals surface area (Å²) in [7, 11) is 0. The number of hydrogen-bond donors (Lipinski definition) is 1. The van der Waals surface area contributed by atoms with Gasteiger partial charge in [0.25, 0.3) is 0 Å². The minimum atomic E-state index is -0.0606. The summed E-state index contributed by atoms with van der Waals surface area (Å²) >= 11 is 5.99. The Labute approximate surface area is 112 Å². The fourth-order valence-electron chi connectivity index (χ4n) is 1.76. The molecule has 0 bridgehead atoms. The lowest BCUT2D eigenvalue weighted by atomic mass is 10.1. The molecule has 2 nitrogen and oxygen atoms in total. The molecule has 0 heterocycles. The standard InChI is InChI=1S/C15H16ClNO/c1-10-9-12(7-8-14(10)16)18-15-6-4-3-5-13(15)11(2)17/h3-9,11H,17H2,1-2H3/t11-/m1/s1. The molecule has 0 aliphatic carbocycles. The lowest BCUT2D eigenvalue weighted by molar-refractivity contribution is 0.472. The first-order chi connectivity index (χ1) is 8.58. The van der Waals surface area contributed by atoms with Gasteiger partial charge in [0, 0.05) is 16.6 Å². The van der Waals surface area contributed by atoms with Gasteiger partial charge in [0.05, 0.1) is 0 Å². The van der Waals surface area contributed by atoms with E-state index in [0.29, 0.717) is 0 Å². The van der Waals surface area contributed by atoms with Gasteiger partial charge in [0.15, 0.2) is 0 Å². The lowest BCUT2D eigenvalue weighted by Crippen LogP contribution is -2.06. The van der Waals surface area contributed by atoms with Crippen LogP contribution >= 0.6 is 11.6 Å². The normalized spacial score (nSPS) is 12.2. The fraction of sp³-hybridized carbons (Fsp3) is 0.200. The van der Waals surface area contributed by atoms with Crippen LogP contribution < -0.4 is 10.5 Å². The summed E-state index contributed by atoms with van der Waals surface area (Å²) in [4.78, 5) is 0. The van der Waals surface area contributed by atoms with E-state index in [1.54, 1.807) is 0 Å². The van der Waals surface area contributed by atoms with Gasteiger partial charge in [-0.15, -0.1) is 0 Å². The van der Waals surface area contributed by atoms with Crippen LogP contribution in [0, 0.1) is 6.92 Å². The van der Waals surface area contributed by atoms with Crippen molar-refractivity contribution in [1.82, 2.24) is 0 Å². The molecule has 2 aromatic rings. The van der Waals surface area contributed by atoms with Gasteiger partial charge in [-0.2, -0.15) is 0 Å². The van der Waals surface area contributed by atoms with Crippen molar-refractivity contribution in [3.05, 3.63) is 58.6 Å². The first-order valence-electron chi connectivity index (χ1n) is 5.86. The third-order valence-corrected chi connectivity index (χ3v) is 3.19. The van der Waals surface area contributed by atoms with Gasteiger partial charge in [0.2, 0.25) is 0 Å². The third-order valence-electron chi connectivity index (χ3n) is 2.77. The van der Waals surface area contributed by atoms with Crippen LogP contribution in [0.2, 0.25) is 5.02 Å². The molecule has 3 heteroatoms. The number of nitrogens with two attached hydrogens (primary N) is 1. The van der Waals surface area contributed by atoms with Crippen molar-refractivity contribution >= 4 is 11.6 Å². The number of rotatable bonds is 3. The van der Waals surface area contributed by atoms with Gasteiger partial charge in [-0.1, -0.05) is 29.8 Å². The first-order valence-corrected chi connectivity index (χ1v) is 6.24. The summed E-state index contributed by atoms with van der Waals surface area (Å²) in [5.74, 6) is 1.55. The highest BCUT2D eigenvalue weighted by Gasteiger charge is 2.08. The van der Waals surface area contributed by atoms with Crippen LogP contribution in [0.1, 0.15) is 24.1 Å². The van der Waals surface area contributed by atoms with Crippen LogP contribution in [0.4, 0.5) is 0 Å². The molecule has 2 aromatic carbocycles. The van der Waals surface area contributed by atoms with Crippen molar-refractivity contribution in [2.24, 2.45) is 5.73 Å². The van der Waals surface area contributed by atoms with E-state index < -0.39 is 0 Å². The molecule has 0 saturated heterocycles. The van der Waals surface area contributed by atoms with Gasteiger partial charge >= 0.3 is 0 Å². The predicted molar refractivity (Wildman–Crippen MR) is 75.3 cm³/mol. The molecule has 2 rings (SSSR count). The topological polar surface area (TPSA) is 35.2 Å². The predicted octanol–water partition coefficient (Wildman–Crippen LogP) is 4.46. The average Bonchev–Trinajstić information content (AvgIpc) is 2.34.